The first-order valence-electron chi connectivity index (χ1n) is 8.26. The van der Waals surface area contributed by atoms with Crippen molar-refractivity contribution >= 4 is 23.6 Å². The molecule has 1 aliphatic heterocycles. The molecule has 0 aliphatic carbocycles. The highest BCUT2D eigenvalue weighted by molar-refractivity contribution is 8.00. The lowest BCUT2D eigenvalue weighted by atomic mass is 9.76. The molecule has 1 unspecified atom stereocenters. The zero-order valence-corrected chi connectivity index (χ0v) is 15.3. The molecule has 24 heavy (non-hydrogen) atoms. The number of ether oxygens (including phenoxy) is 1. The summed E-state index contributed by atoms with van der Waals surface area (Å²) in [5, 5.41) is 9.56. The first-order chi connectivity index (χ1) is 11.4. The molecule has 1 amide bonds. The molecular weight excluding hydrogens is 326 g/mol. The Labute approximate surface area is 147 Å². The Morgan fingerprint density at radius 3 is 2.50 bits per heavy atom. The molecule has 1 fully saturated rings. The minimum atomic E-state index is -0.806. The molecular formula is C18H25NO4S. The van der Waals surface area contributed by atoms with Crippen molar-refractivity contribution in [3.8, 4) is 5.75 Å². The monoisotopic (exact) mass is 351 g/mol. The molecule has 0 spiro atoms. The third-order valence-corrected chi connectivity index (χ3v) is 5.68. The van der Waals surface area contributed by atoms with Crippen LogP contribution in [-0.4, -0.2) is 47.3 Å². The highest BCUT2D eigenvalue weighted by Gasteiger charge is 2.48. The molecule has 2 rings (SSSR count). The van der Waals surface area contributed by atoms with Gasteiger partial charge >= 0.3 is 5.97 Å². The van der Waals surface area contributed by atoms with Gasteiger partial charge in [-0.1, -0.05) is 13.8 Å². The zero-order chi connectivity index (χ0) is 17.7. The van der Waals surface area contributed by atoms with Gasteiger partial charge in [-0.2, -0.15) is 0 Å². The highest BCUT2D eigenvalue weighted by Crippen LogP contribution is 2.38. The largest absolute Gasteiger partial charge is 0.494 e. The summed E-state index contributed by atoms with van der Waals surface area (Å²) in [6, 6.07) is 7.64. The van der Waals surface area contributed by atoms with Gasteiger partial charge in [0.25, 0.3) is 0 Å². The van der Waals surface area contributed by atoms with Crippen molar-refractivity contribution in [2.24, 2.45) is 11.3 Å². The summed E-state index contributed by atoms with van der Waals surface area (Å²) in [7, 11) is 0. The molecule has 1 N–H and O–H groups in total. The number of benzene rings is 1. The van der Waals surface area contributed by atoms with Crippen molar-refractivity contribution in [1.82, 2.24) is 4.90 Å². The summed E-state index contributed by atoms with van der Waals surface area (Å²) in [6.45, 7) is 7.22. The van der Waals surface area contributed by atoms with Crippen molar-refractivity contribution in [1.29, 1.82) is 0 Å². The Bertz CT molecular complexity index is 587. The molecule has 0 saturated carbocycles. The topological polar surface area (TPSA) is 66.8 Å². The number of amides is 1. The molecule has 1 aromatic rings. The van der Waals surface area contributed by atoms with E-state index in [0.29, 0.717) is 31.9 Å². The van der Waals surface area contributed by atoms with Crippen LogP contribution in [0.2, 0.25) is 0 Å². The molecule has 1 aromatic carbocycles. The van der Waals surface area contributed by atoms with E-state index in [1.165, 1.54) is 11.8 Å². The molecule has 5 nitrogen and oxygen atoms in total. The number of hydrogen-bond donors (Lipinski definition) is 1. The Morgan fingerprint density at radius 2 is 2.00 bits per heavy atom. The van der Waals surface area contributed by atoms with Gasteiger partial charge in [0, 0.05) is 18.0 Å². The van der Waals surface area contributed by atoms with Gasteiger partial charge in [-0.25, -0.2) is 0 Å². The van der Waals surface area contributed by atoms with E-state index in [1.807, 2.05) is 45.0 Å². The molecule has 132 valence electrons. The first kappa shape index (κ1) is 18.6. The second-order valence-electron chi connectivity index (χ2n) is 6.37. The fourth-order valence-electron chi connectivity index (χ4n) is 2.97. The van der Waals surface area contributed by atoms with Crippen molar-refractivity contribution < 1.29 is 19.4 Å². The van der Waals surface area contributed by atoms with Gasteiger partial charge < -0.3 is 14.7 Å². The van der Waals surface area contributed by atoms with E-state index in [4.69, 9.17) is 4.74 Å². The number of carbonyl (C=O) groups excluding carboxylic acids is 1. The van der Waals surface area contributed by atoms with Gasteiger partial charge in [-0.15, -0.1) is 11.8 Å². The standard InChI is InChI=1S/C18H25NO4S/c1-4-23-14-5-7-15(8-6-14)24-11-16(20)19-10-9-18(12-19,13(2)3)17(21)22/h5-8,13H,4,9-12H2,1-3H3,(H,21,22). The maximum Gasteiger partial charge on any atom is 0.311 e. The van der Waals surface area contributed by atoms with E-state index >= 15 is 0 Å². The molecule has 1 heterocycles. The Kier molecular flexibility index (Phi) is 6.15. The maximum absolute atomic E-state index is 12.4. The van der Waals surface area contributed by atoms with E-state index in [9.17, 15) is 14.7 Å². The van der Waals surface area contributed by atoms with Crippen LogP contribution in [0.15, 0.2) is 29.2 Å². The van der Waals surface area contributed by atoms with Crippen LogP contribution in [0.1, 0.15) is 27.2 Å². The van der Waals surface area contributed by atoms with Crippen LogP contribution in [0.3, 0.4) is 0 Å². The second-order valence-corrected chi connectivity index (χ2v) is 7.42. The van der Waals surface area contributed by atoms with Gasteiger partial charge in [0.15, 0.2) is 0 Å². The van der Waals surface area contributed by atoms with Crippen LogP contribution in [0.25, 0.3) is 0 Å². The van der Waals surface area contributed by atoms with Crippen molar-refractivity contribution in [2.75, 3.05) is 25.4 Å². The number of carboxylic acids is 1. The fraction of sp³-hybridized carbons (Fsp3) is 0.556. The molecule has 1 atom stereocenters. The van der Waals surface area contributed by atoms with E-state index in [-0.39, 0.29) is 11.8 Å². The Hall–Kier alpha value is -1.69. The quantitative estimate of drug-likeness (QED) is 0.765. The van der Waals surface area contributed by atoms with Crippen LogP contribution < -0.4 is 4.74 Å². The third-order valence-electron chi connectivity index (χ3n) is 4.68. The number of nitrogens with zero attached hydrogens (tertiary/aromatic N) is 1. The van der Waals surface area contributed by atoms with Gasteiger partial charge in [0.05, 0.1) is 17.8 Å². The number of carboxylic acid groups (broad SMARTS) is 1. The smallest absolute Gasteiger partial charge is 0.311 e. The summed E-state index contributed by atoms with van der Waals surface area (Å²) < 4.78 is 5.40. The summed E-state index contributed by atoms with van der Waals surface area (Å²) in [6.07, 6.45) is 0.527. The molecule has 6 heteroatoms. The van der Waals surface area contributed by atoms with Gasteiger partial charge in [0.1, 0.15) is 5.75 Å². The van der Waals surface area contributed by atoms with E-state index in [2.05, 4.69) is 0 Å². The molecule has 0 bridgehead atoms. The van der Waals surface area contributed by atoms with E-state index in [0.717, 1.165) is 10.6 Å². The normalized spacial score (nSPS) is 20.4. The second kappa shape index (κ2) is 7.92. The molecule has 1 saturated heterocycles. The summed E-state index contributed by atoms with van der Waals surface area (Å²) >= 11 is 1.46. The first-order valence-corrected chi connectivity index (χ1v) is 9.24. The Morgan fingerprint density at radius 1 is 1.33 bits per heavy atom. The lowest BCUT2D eigenvalue weighted by Crippen LogP contribution is -2.41. The SMILES string of the molecule is CCOc1ccc(SCC(=O)N2CCC(C(=O)O)(C(C)C)C2)cc1. The van der Waals surface area contributed by atoms with Crippen LogP contribution in [0, 0.1) is 11.3 Å². The summed E-state index contributed by atoms with van der Waals surface area (Å²) in [5.74, 6) is 0.342. The van der Waals surface area contributed by atoms with Crippen molar-refractivity contribution in [2.45, 2.75) is 32.1 Å². The average molecular weight is 351 g/mol. The third kappa shape index (κ3) is 4.04. The number of likely N-dealkylation sites (tertiary alicyclic amines) is 1. The average Bonchev–Trinajstić information content (AvgIpc) is 3.01. The summed E-state index contributed by atoms with van der Waals surface area (Å²) in [4.78, 5) is 26.7. The number of carbonyl (C=O) groups is 2. The number of aliphatic carboxylic acids is 1. The van der Waals surface area contributed by atoms with Crippen LogP contribution in [-0.2, 0) is 9.59 Å². The lowest BCUT2D eigenvalue weighted by Gasteiger charge is -2.28. The maximum atomic E-state index is 12.4. The lowest BCUT2D eigenvalue weighted by molar-refractivity contribution is -0.151. The number of rotatable bonds is 7. The van der Waals surface area contributed by atoms with Crippen molar-refractivity contribution in [3.05, 3.63) is 24.3 Å². The number of thioether (sulfide) groups is 1. The van der Waals surface area contributed by atoms with Gasteiger partial charge in [-0.05, 0) is 43.5 Å². The van der Waals surface area contributed by atoms with Crippen LogP contribution in [0.5, 0.6) is 5.75 Å². The zero-order valence-electron chi connectivity index (χ0n) is 14.4. The molecule has 0 aromatic heterocycles. The van der Waals surface area contributed by atoms with Gasteiger partial charge in [0.2, 0.25) is 5.91 Å². The van der Waals surface area contributed by atoms with E-state index in [1.54, 1.807) is 4.90 Å². The predicted molar refractivity (Wildman–Crippen MR) is 94.4 cm³/mol. The van der Waals surface area contributed by atoms with Gasteiger partial charge in [-0.3, -0.25) is 9.59 Å². The minimum Gasteiger partial charge on any atom is -0.494 e. The number of hydrogen-bond acceptors (Lipinski definition) is 4. The Balaban J connectivity index is 1.90. The van der Waals surface area contributed by atoms with Crippen LogP contribution in [0.4, 0.5) is 0 Å². The fourth-order valence-corrected chi connectivity index (χ4v) is 3.78. The highest BCUT2D eigenvalue weighted by atomic mass is 32.2. The predicted octanol–water partition coefficient (Wildman–Crippen LogP) is 3.14. The molecule has 1 aliphatic rings. The minimum absolute atomic E-state index is 0.00217. The van der Waals surface area contributed by atoms with Crippen molar-refractivity contribution in [3.63, 3.8) is 0 Å². The van der Waals surface area contributed by atoms with E-state index < -0.39 is 11.4 Å². The van der Waals surface area contributed by atoms with Crippen LogP contribution >= 0.6 is 11.8 Å². The molecule has 0 radical (unpaired) electrons. The summed E-state index contributed by atoms with van der Waals surface area (Å²) in [5.41, 5.74) is -0.806.